The van der Waals surface area contributed by atoms with Gasteiger partial charge in [-0.15, -0.1) is 0 Å². The van der Waals surface area contributed by atoms with E-state index in [1.165, 1.54) is 99.7 Å². The van der Waals surface area contributed by atoms with Gasteiger partial charge in [0.2, 0.25) is 0 Å². The Morgan fingerprint density at radius 2 is 1.06 bits per heavy atom. The summed E-state index contributed by atoms with van der Waals surface area (Å²) < 4.78 is 2.72. The van der Waals surface area contributed by atoms with Gasteiger partial charge in [-0.1, -0.05) is 211 Å². The number of nitrogens with zero attached hydrogens (tertiary/aromatic N) is 4. The molecule has 0 saturated heterocycles. The lowest BCUT2D eigenvalue weighted by molar-refractivity contribution is 0.590. The Labute approximate surface area is 458 Å². The molecule has 78 heavy (non-hydrogen) atoms. The van der Waals surface area contributed by atoms with Crippen molar-refractivity contribution in [3.63, 3.8) is 0 Å². The highest BCUT2D eigenvalue weighted by Crippen LogP contribution is 2.50. The first kappa shape index (κ1) is 47.5. The maximum atomic E-state index is 5.35. The van der Waals surface area contributed by atoms with Crippen molar-refractivity contribution in [2.75, 3.05) is 4.90 Å². The van der Waals surface area contributed by atoms with Crippen molar-refractivity contribution in [3.8, 4) is 44.5 Å². The molecule has 1 aromatic heterocycles. The van der Waals surface area contributed by atoms with Crippen molar-refractivity contribution >= 4 is 68.3 Å². The topological polar surface area (TPSA) is 44.9 Å². The number of nitrogens with one attached hydrogen (secondary N) is 1. The molecule has 3 aliphatic heterocycles. The lowest BCUT2D eigenvalue weighted by Crippen LogP contribution is -2.57. The molecule has 6 heteroatoms. The van der Waals surface area contributed by atoms with Gasteiger partial charge in [0.05, 0.1) is 0 Å². The summed E-state index contributed by atoms with van der Waals surface area (Å²) >= 11 is 0. The van der Waals surface area contributed by atoms with Gasteiger partial charge < -0.3 is 14.7 Å². The van der Waals surface area contributed by atoms with Crippen LogP contribution in [0.3, 0.4) is 0 Å². The maximum Gasteiger partial charge on any atom is 0.333 e. The van der Waals surface area contributed by atoms with E-state index in [4.69, 9.17) is 9.98 Å². The number of hydrogen-bond acceptors (Lipinski definition) is 4. The zero-order valence-electron chi connectivity index (χ0n) is 45.3. The maximum absolute atomic E-state index is 5.35. The number of aliphatic imine (C=N–C) groups is 2. The number of benzene rings is 10. The number of hydrogen-bond donors (Lipinski definition) is 1. The van der Waals surface area contributed by atoms with E-state index in [0.717, 1.165) is 33.8 Å². The molecule has 4 heterocycles. The predicted molar refractivity (Wildman–Crippen MR) is 330 cm³/mol. The van der Waals surface area contributed by atoms with Gasteiger partial charge in [0, 0.05) is 55.6 Å². The van der Waals surface area contributed by atoms with Crippen LogP contribution in [-0.2, 0) is 10.8 Å². The molecule has 1 N–H and O–H groups in total. The minimum absolute atomic E-state index is 0.0283. The van der Waals surface area contributed by atoms with Crippen LogP contribution in [0.2, 0.25) is 0 Å². The number of amidine groups is 2. The first-order valence-electron chi connectivity index (χ1n) is 27.5. The monoisotopic (exact) mass is 1010 g/mol. The van der Waals surface area contributed by atoms with Gasteiger partial charge in [-0.25, -0.2) is 9.98 Å². The summed E-state index contributed by atoms with van der Waals surface area (Å²) in [5.41, 5.74) is 25.2. The van der Waals surface area contributed by atoms with E-state index in [0.29, 0.717) is 5.84 Å². The largest absolute Gasteiger partial charge is 0.375 e. The van der Waals surface area contributed by atoms with Gasteiger partial charge in [0.15, 0.2) is 5.84 Å². The quantitative estimate of drug-likeness (QED) is 0.162. The van der Waals surface area contributed by atoms with E-state index in [1.54, 1.807) is 0 Å². The molecule has 376 valence electrons. The first-order valence-corrected chi connectivity index (χ1v) is 27.5. The zero-order valence-corrected chi connectivity index (χ0v) is 45.3. The van der Waals surface area contributed by atoms with Crippen molar-refractivity contribution in [1.82, 2.24) is 9.79 Å². The Hall–Kier alpha value is -9.00. The van der Waals surface area contributed by atoms with Gasteiger partial charge in [0.1, 0.15) is 12.0 Å². The zero-order chi connectivity index (χ0) is 53.0. The molecular weight excluding hydrogens is 946 g/mol. The molecule has 0 radical (unpaired) electrons. The van der Waals surface area contributed by atoms with Gasteiger partial charge >= 0.3 is 6.85 Å². The standard InChI is InChI=1S/C72H60BN5/c1-45-57(52-29-20-30-53(39-52)70-75-68(49-25-16-10-17-26-49)74-69(76-70)50-27-18-11-19-28-50)44-64-66-65(45)60-43-55(72(5,6)7)42-59-58-41-54(71(2,3)4)34-38-62(58)78(67(59)60)73(66)61-40-51(47-23-14-9-15-24-47)33-37-63(61)77(64)56-35-31-48(32-36-56)46-21-12-8-13-22-46/h8-44,70H,1-7H3,(H,74,75,76). The summed E-state index contributed by atoms with van der Waals surface area (Å²) in [6.45, 7) is 16.3. The van der Waals surface area contributed by atoms with Crippen LogP contribution in [0.4, 0.5) is 17.1 Å². The van der Waals surface area contributed by atoms with Crippen molar-refractivity contribution in [2.45, 2.75) is 65.5 Å². The third-order valence-electron chi connectivity index (χ3n) is 16.5. The fraction of sp³-hybridized carbons (Fsp3) is 0.139. The van der Waals surface area contributed by atoms with Crippen molar-refractivity contribution in [1.29, 1.82) is 0 Å². The Bertz CT molecular complexity index is 4240. The highest BCUT2D eigenvalue weighted by Gasteiger charge is 2.45. The van der Waals surface area contributed by atoms with Crippen LogP contribution < -0.4 is 21.1 Å². The molecular formula is C72H60BN5. The van der Waals surface area contributed by atoms with Gasteiger partial charge in [0.25, 0.3) is 0 Å². The molecule has 0 saturated carbocycles. The van der Waals surface area contributed by atoms with Gasteiger partial charge in [-0.3, -0.25) is 0 Å². The molecule has 10 aromatic carbocycles. The molecule has 0 bridgehead atoms. The molecule has 3 aliphatic rings. The van der Waals surface area contributed by atoms with Crippen LogP contribution in [0.5, 0.6) is 0 Å². The summed E-state index contributed by atoms with van der Waals surface area (Å²) in [7, 11) is 0. The van der Waals surface area contributed by atoms with E-state index in [1.807, 2.05) is 12.1 Å². The Balaban J connectivity index is 1.05. The van der Waals surface area contributed by atoms with E-state index < -0.39 is 0 Å². The second kappa shape index (κ2) is 18.1. The third-order valence-corrected chi connectivity index (χ3v) is 16.5. The van der Waals surface area contributed by atoms with Crippen LogP contribution in [0, 0.1) is 6.92 Å². The lowest BCUT2D eigenvalue weighted by atomic mass is 9.44. The fourth-order valence-corrected chi connectivity index (χ4v) is 12.4. The Kier molecular flexibility index (Phi) is 11.0. The SMILES string of the molecule is Cc1c(-c2cccc(C3N=C(c4ccccc4)N=C(c4ccccc4)N3)c2)cc2c3c1-c1cc(C(C)(C)C)cc4c5cc(C(C)(C)C)ccc5n(c14)B3c1cc(-c3ccccc3)ccc1N2c1ccc(-c2ccccc2)cc1. The second-order valence-corrected chi connectivity index (χ2v) is 23.5. The van der Waals surface area contributed by atoms with E-state index >= 15 is 0 Å². The summed E-state index contributed by atoms with van der Waals surface area (Å²) in [6, 6.07) is 82.6. The Morgan fingerprint density at radius 3 is 1.73 bits per heavy atom. The molecule has 0 fully saturated rings. The predicted octanol–water partition coefficient (Wildman–Crippen LogP) is 16.6. The molecule has 1 atom stereocenters. The molecule has 1 unspecified atom stereocenters. The number of anilines is 3. The highest BCUT2D eigenvalue weighted by molar-refractivity contribution is 6.90. The van der Waals surface area contributed by atoms with Crippen molar-refractivity contribution in [3.05, 3.63) is 258 Å². The summed E-state index contributed by atoms with van der Waals surface area (Å²) in [4.78, 5) is 13.0. The van der Waals surface area contributed by atoms with Crippen LogP contribution in [0.25, 0.3) is 66.3 Å². The van der Waals surface area contributed by atoms with Crippen LogP contribution in [0.15, 0.2) is 234 Å². The molecule has 5 nitrogen and oxygen atoms in total. The molecule has 11 aromatic rings. The van der Waals surface area contributed by atoms with Crippen LogP contribution >= 0.6 is 0 Å². The van der Waals surface area contributed by atoms with Crippen LogP contribution in [0.1, 0.15) is 81.1 Å². The number of rotatable bonds is 7. The Morgan fingerprint density at radius 1 is 0.474 bits per heavy atom. The van der Waals surface area contributed by atoms with E-state index in [-0.39, 0.29) is 23.8 Å². The van der Waals surface area contributed by atoms with E-state index in [2.05, 4.69) is 275 Å². The summed E-state index contributed by atoms with van der Waals surface area (Å²) in [6.07, 6.45) is -0.379. The molecule has 0 amide bonds. The second-order valence-electron chi connectivity index (χ2n) is 23.5. The minimum Gasteiger partial charge on any atom is -0.375 e. The van der Waals surface area contributed by atoms with Gasteiger partial charge in [-0.05, 0) is 144 Å². The normalized spacial score (nSPS) is 14.7. The summed E-state index contributed by atoms with van der Waals surface area (Å²) in [5, 5.41) is 6.37. The van der Waals surface area contributed by atoms with Crippen molar-refractivity contribution in [2.24, 2.45) is 9.98 Å². The third kappa shape index (κ3) is 7.84. The molecule has 0 aliphatic carbocycles. The molecule has 14 rings (SSSR count). The fourth-order valence-electron chi connectivity index (χ4n) is 12.4. The molecule has 0 spiro atoms. The highest BCUT2D eigenvalue weighted by atomic mass is 15.2. The van der Waals surface area contributed by atoms with Crippen molar-refractivity contribution < 1.29 is 0 Å². The van der Waals surface area contributed by atoms with E-state index in [9.17, 15) is 0 Å². The number of aromatic nitrogens is 1. The first-order chi connectivity index (χ1) is 37.9. The lowest BCUT2D eigenvalue weighted by Gasteiger charge is -2.42. The smallest absolute Gasteiger partial charge is 0.333 e. The average molecular weight is 1010 g/mol. The summed E-state index contributed by atoms with van der Waals surface area (Å²) in [5.74, 6) is 1.51. The van der Waals surface area contributed by atoms with Gasteiger partial charge in [-0.2, -0.15) is 0 Å². The minimum atomic E-state index is -0.379. The number of fused-ring (bicyclic) bond motifs is 7. The van der Waals surface area contributed by atoms with Crippen LogP contribution in [-0.4, -0.2) is 23.0 Å². The average Bonchev–Trinajstić information content (AvgIpc) is 3.68.